The van der Waals surface area contributed by atoms with Crippen molar-refractivity contribution in [3.8, 4) is 0 Å². The van der Waals surface area contributed by atoms with Gasteiger partial charge in [-0.2, -0.15) is 0 Å². The number of unbranched alkanes of at least 4 members (excludes halogenated alkanes) is 1. The van der Waals surface area contributed by atoms with Crippen molar-refractivity contribution in [3.63, 3.8) is 0 Å². The van der Waals surface area contributed by atoms with Gasteiger partial charge in [0.15, 0.2) is 0 Å². The van der Waals surface area contributed by atoms with Crippen LogP contribution in [0.4, 0.5) is 0 Å². The van der Waals surface area contributed by atoms with E-state index in [1.54, 1.807) is 17.8 Å². The topological polar surface area (TPSA) is 90.1 Å². The fourth-order valence-corrected chi connectivity index (χ4v) is 4.96. The summed E-state index contributed by atoms with van der Waals surface area (Å²) in [6.45, 7) is 6.35. The number of aliphatic hydroxyl groups excluding tert-OH is 2. The molecule has 2 aliphatic rings. The summed E-state index contributed by atoms with van der Waals surface area (Å²) in [6.07, 6.45) is 11.3. The number of aliphatic hydroxyl groups is 2. The molecule has 1 aliphatic heterocycles. The van der Waals surface area contributed by atoms with Crippen LogP contribution in [0.15, 0.2) is 29.3 Å². The Hall–Kier alpha value is -1.11. The van der Waals surface area contributed by atoms with E-state index >= 15 is 0 Å². The highest BCUT2D eigenvalue weighted by atomic mass is 32.2. The number of aliphatic imine (C=N–C) groups is 1. The first kappa shape index (κ1) is 23.2. The van der Waals surface area contributed by atoms with Crippen LogP contribution in [0.25, 0.3) is 0 Å². The predicted octanol–water partition coefficient (Wildman–Crippen LogP) is 4.05. The highest BCUT2D eigenvalue weighted by Gasteiger charge is 2.45. The van der Waals surface area contributed by atoms with Gasteiger partial charge < -0.3 is 15.3 Å². The highest BCUT2D eigenvalue weighted by molar-refractivity contribution is 8.14. The van der Waals surface area contributed by atoms with E-state index in [0.717, 1.165) is 36.5 Å². The number of fused-ring (bicyclic) bond motifs is 1. The van der Waals surface area contributed by atoms with Gasteiger partial charge in [0.05, 0.1) is 29.7 Å². The number of thioether (sulfide) groups is 1. The maximum Gasteiger partial charge on any atom is 0.307 e. The molecule has 4 unspecified atom stereocenters. The predicted molar refractivity (Wildman–Crippen MR) is 116 cm³/mol. The zero-order chi connectivity index (χ0) is 20.7. The van der Waals surface area contributed by atoms with Crippen molar-refractivity contribution < 1.29 is 20.1 Å². The third-order valence-corrected chi connectivity index (χ3v) is 6.90. The molecule has 28 heavy (non-hydrogen) atoms. The lowest BCUT2D eigenvalue weighted by Crippen LogP contribution is -2.28. The van der Waals surface area contributed by atoms with Crippen LogP contribution in [0, 0.1) is 17.3 Å². The number of rotatable bonds is 10. The van der Waals surface area contributed by atoms with Crippen molar-refractivity contribution in [1.29, 1.82) is 0 Å². The minimum Gasteiger partial charge on any atom is -0.481 e. The molecule has 6 heteroatoms. The maximum absolute atomic E-state index is 10.6. The van der Waals surface area contributed by atoms with Crippen molar-refractivity contribution in [3.05, 3.63) is 24.3 Å². The number of carboxylic acids is 1. The number of carboxylic acid groups (broad SMARTS) is 1. The second-order valence-corrected chi connectivity index (χ2v) is 9.73. The van der Waals surface area contributed by atoms with Gasteiger partial charge in [0.2, 0.25) is 0 Å². The Kier molecular flexibility index (Phi) is 8.78. The van der Waals surface area contributed by atoms with E-state index in [1.807, 2.05) is 18.2 Å². The summed E-state index contributed by atoms with van der Waals surface area (Å²) in [5, 5.41) is 30.8. The molecule has 1 saturated carbocycles. The quantitative estimate of drug-likeness (QED) is 0.474. The molecule has 158 valence electrons. The van der Waals surface area contributed by atoms with Crippen molar-refractivity contribution >= 4 is 22.8 Å². The van der Waals surface area contributed by atoms with Crippen LogP contribution in [-0.4, -0.2) is 50.3 Å². The van der Waals surface area contributed by atoms with E-state index in [2.05, 4.69) is 20.8 Å². The second-order valence-electron chi connectivity index (χ2n) is 8.64. The molecule has 0 aromatic heterocycles. The van der Waals surface area contributed by atoms with E-state index in [9.17, 15) is 15.0 Å². The Bertz CT molecular complexity index is 614. The van der Waals surface area contributed by atoms with E-state index in [1.165, 1.54) is 0 Å². The van der Waals surface area contributed by atoms with E-state index in [4.69, 9.17) is 10.1 Å². The van der Waals surface area contributed by atoms with Crippen LogP contribution >= 0.6 is 11.8 Å². The molecule has 0 saturated heterocycles. The van der Waals surface area contributed by atoms with E-state index in [-0.39, 0.29) is 23.8 Å². The molecule has 0 spiro atoms. The SMILES string of the molecule is CCCCC(C)(C)[C@@H](O)C=CC1C(O)CC2N=C(SCC=CCC(=O)O)CC21. The number of carbonyl (C=O) groups is 1. The summed E-state index contributed by atoms with van der Waals surface area (Å²) in [5.41, 5.74) is -0.162. The van der Waals surface area contributed by atoms with Crippen molar-refractivity contribution in [2.24, 2.45) is 22.2 Å². The molecule has 0 aromatic rings. The zero-order valence-corrected chi connectivity index (χ0v) is 18.1. The third-order valence-electron chi connectivity index (χ3n) is 5.93. The van der Waals surface area contributed by atoms with Gasteiger partial charge in [-0.1, -0.05) is 57.9 Å². The number of nitrogens with zero attached hydrogens (tertiary/aromatic N) is 1. The lowest BCUT2D eigenvalue weighted by molar-refractivity contribution is -0.136. The number of hydrogen-bond acceptors (Lipinski definition) is 5. The Morgan fingerprint density at radius 3 is 2.82 bits per heavy atom. The van der Waals surface area contributed by atoms with Crippen LogP contribution < -0.4 is 0 Å². The van der Waals surface area contributed by atoms with Gasteiger partial charge in [-0.3, -0.25) is 9.79 Å². The lowest BCUT2D eigenvalue weighted by atomic mass is 9.80. The molecular formula is C22H35NO4S. The van der Waals surface area contributed by atoms with Crippen LogP contribution in [0.3, 0.4) is 0 Å². The van der Waals surface area contributed by atoms with Gasteiger partial charge in [-0.15, -0.1) is 11.8 Å². The van der Waals surface area contributed by atoms with Gasteiger partial charge in [0.25, 0.3) is 0 Å². The Labute approximate surface area is 173 Å². The van der Waals surface area contributed by atoms with Crippen molar-refractivity contribution in [2.45, 2.75) is 77.5 Å². The summed E-state index contributed by atoms with van der Waals surface area (Å²) in [7, 11) is 0. The minimum atomic E-state index is -0.822. The maximum atomic E-state index is 10.6. The largest absolute Gasteiger partial charge is 0.481 e. The highest BCUT2D eigenvalue weighted by Crippen LogP contribution is 2.43. The summed E-state index contributed by atoms with van der Waals surface area (Å²) in [6, 6.07) is 0.153. The smallest absolute Gasteiger partial charge is 0.307 e. The average Bonchev–Trinajstić information content (AvgIpc) is 3.13. The zero-order valence-electron chi connectivity index (χ0n) is 17.3. The molecule has 1 aliphatic carbocycles. The van der Waals surface area contributed by atoms with Crippen molar-refractivity contribution in [1.82, 2.24) is 0 Å². The molecular weight excluding hydrogens is 374 g/mol. The standard InChI is InChI=1S/C22H35NO4S/c1-4-5-11-22(2,3)19(25)10-9-15-16-13-20(23-17(16)14-18(15)24)28-12-7-6-8-21(26)27/h6-7,9-10,15-19,24-25H,4-5,8,11-14H2,1-3H3,(H,26,27)/t15?,16?,17?,18?,19-/m0/s1. The summed E-state index contributed by atoms with van der Waals surface area (Å²) < 4.78 is 0. The number of aliphatic carboxylic acids is 1. The van der Waals surface area contributed by atoms with Gasteiger partial charge >= 0.3 is 5.97 Å². The molecule has 1 fully saturated rings. The van der Waals surface area contributed by atoms with Crippen molar-refractivity contribution in [2.75, 3.05) is 5.75 Å². The molecule has 3 N–H and O–H groups in total. The van der Waals surface area contributed by atoms with E-state index in [0.29, 0.717) is 12.3 Å². The average molecular weight is 410 g/mol. The van der Waals surface area contributed by atoms with Crippen LogP contribution in [0.1, 0.15) is 59.3 Å². The van der Waals surface area contributed by atoms with E-state index < -0.39 is 18.2 Å². The van der Waals surface area contributed by atoms with Gasteiger partial charge in [0, 0.05) is 18.1 Å². The molecule has 5 atom stereocenters. The number of hydrogen-bond donors (Lipinski definition) is 3. The fraction of sp³-hybridized carbons (Fsp3) is 0.727. The fourth-order valence-electron chi connectivity index (χ4n) is 4.02. The summed E-state index contributed by atoms with van der Waals surface area (Å²) in [4.78, 5) is 15.3. The Morgan fingerprint density at radius 1 is 1.39 bits per heavy atom. The Morgan fingerprint density at radius 2 is 2.14 bits per heavy atom. The molecule has 2 rings (SSSR count). The monoisotopic (exact) mass is 409 g/mol. The van der Waals surface area contributed by atoms with Gasteiger partial charge in [-0.05, 0) is 24.2 Å². The molecule has 5 nitrogen and oxygen atoms in total. The van der Waals surface area contributed by atoms with Gasteiger partial charge in [0.1, 0.15) is 0 Å². The first-order valence-electron chi connectivity index (χ1n) is 10.3. The first-order chi connectivity index (χ1) is 13.2. The van der Waals surface area contributed by atoms with Gasteiger partial charge in [-0.25, -0.2) is 0 Å². The molecule has 0 aromatic carbocycles. The molecule has 1 heterocycles. The minimum absolute atomic E-state index is 0.0334. The molecule has 0 radical (unpaired) electrons. The molecule has 0 bridgehead atoms. The van der Waals surface area contributed by atoms with Crippen LogP contribution in [0.2, 0.25) is 0 Å². The Balaban J connectivity index is 1.88. The van der Waals surface area contributed by atoms with Crippen LogP contribution in [-0.2, 0) is 4.79 Å². The normalized spacial score (nSPS) is 28.8. The lowest BCUT2D eigenvalue weighted by Gasteiger charge is -2.29. The van der Waals surface area contributed by atoms with Crippen LogP contribution in [0.5, 0.6) is 0 Å². The summed E-state index contributed by atoms with van der Waals surface area (Å²) in [5.74, 6) is 0.227. The third kappa shape index (κ3) is 6.46. The summed E-state index contributed by atoms with van der Waals surface area (Å²) >= 11 is 1.65. The second kappa shape index (κ2) is 10.6. The first-order valence-corrected chi connectivity index (χ1v) is 11.3. The molecule has 0 amide bonds.